The van der Waals surface area contributed by atoms with Crippen LogP contribution in [0.4, 0.5) is 5.69 Å². The zero-order valence-electron chi connectivity index (χ0n) is 13.4. The van der Waals surface area contributed by atoms with Crippen LogP contribution in [0.5, 0.6) is 0 Å². The predicted molar refractivity (Wildman–Crippen MR) is 89.7 cm³/mol. The summed E-state index contributed by atoms with van der Waals surface area (Å²) in [7, 11) is 4.12. The Bertz CT molecular complexity index is 433. The molecule has 119 valence electrons. The van der Waals surface area contributed by atoms with E-state index in [1.807, 2.05) is 0 Å². The van der Waals surface area contributed by atoms with E-state index in [2.05, 4.69) is 77.9 Å². The van der Waals surface area contributed by atoms with Gasteiger partial charge in [0.1, 0.15) is 0 Å². The van der Waals surface area contributed by atoms with E-state index in [9.17, 15) is 0 Å². The second kappa shape index (κ2) is 6.57. The normalized spacial score (nSPS) is 13.6. The molecule has 1 rings (SSSR count). The van der Waals surface area contributed by atoms with Gasteiger partial charge >= 0.3 is 140 Å². The average molecular weight is 410 g/mol. The van der Waals surface area contributed by atoms with Crippen molar-refractivity contribution >= 4 is 32.9 Å². The van der Waals surface area contributed by atoms with Crippen LogP contribution in [0.1, 0.15) is 34.6 Å². The van der Waals surface area contributed by atoms with Crippen molar-refractivity contribution in [3.63, 3.8) is 0 Å². The Morgan fingerprint density at radius 1 is 0.950 bits per heavy atom. The van der Waals surface area contributed by atoms with Gasteiger partial charge in [0, 0.05) is 0 Å². The molecule has 20 heavy (non-hydrogen) atoms. The third kappa shape index (κ3) is 4.14. The number of anilines is 1. The molecule has 0 amide bonds. The fourth-order valence-corrected chi connectivity index (χ4v) is 9.46. The molecule has 0 saturated carbocycles. The third-order valence-electron chi connectivity index (χ3n) is 2.89. The van der Waals surface area contributed by atoms with Crippen LogP contribution in [0.3, 0.4) is 0 Å². The van der Waals surface area contributed by atoms with Gasteiger partial charge in [-0.3, -0.25) is 0 Å². The van der Waals surface area contributed by atoms with Crippen molar-refractivity contribution in [3.05, 3.63) is 24.3 Å². The molecule has 0 aliphatic rings. The molecule has 1 aromatic rings. The van der Waals surface area contributed by atoms with E-state index < -0.39 is 16.8 Å². The number of hydrogen-bond donors (Lipinski definition) is 0. The number of rotatable bonds is 4. The molecule has 0 atom stereocenters. The molecule has 0 fully saturated rings. The van der Waals surface area contributed by atoms with Crippen molar-refractivity contribution in [2.24, 2.45) is 0 Å². The summed E-state index contributed by atoms with van der Waals surface area (Å²) < 4.78 is 1.54. The van der Waals surface area contributed by atoms with Crippen LogP contribution >= 0.6 is 23.2 Å². The van der Waals surface area contributed by atoms with Gasteiger partial charge in [0.15, 0.2) is 0 Å². The third-order valence-corrected chi connectivity index (χ3v) is 10.7. The summed E-state index contributed by atoms with van der Waals surface area (Å²) >= 11 is 11.5. The number of hydrogen-bond acceptors (Lipinski definition) is 1. The van der Waals surface area contributed by atoms with E-state index in [0.717, 1.165) is 0 Å². The first-order valence-corrected chi connectivity index (χ1v) is 9.84. The van der Waals surface area contributed by atoms with Crippen LogP contribution < -0.4 is 8.94 Å². The molecule has 0 saturated heterocycles. The van der Waals surface area contributed by atoms with Gasteiger partial charge in [-0.1, -0.05) is 0 Å². The fraction of sp³-hybridized carbons (Fsp3) is 0.625. The second-order valence-corrected chi connectivity index (χ2v) is 13.8. The maximum absolute atomic E-state index is 6.29. The second-order valence-electron chi connectivity index (χ2n) is 6.33. The summed E-state index contributed by atoms with van der Waals surface area (Å²) in [5.74, 6) is 0. The molecule has 1 nitrogen and oxygen atoms in total. The molecule has 0 heterocycles. The molecule has 4 heteroatoms. The fourth-order valence-electron chi connectivity index (χ4n) is 2.02. The zero-order valence-corrected chi connectivity index (χ0v) is 16.5. The van der Waals surface area contributed by atoms with E-state index in [0.29, 0.717) is 0 Å². The number of nitrogens with zero attached hydrogens (tertiary/aromatic N) is 1. The minimum absolute atomic E-state index is 0.0768. The van der Waals surface area contributed by atoms with Crippen LogP contribution in [0, 0.1) is 0 Å². The first kappa shape index (κ1) is 18.3. The van der Waals surface area contributed by atoms with E-state index >= 15 is 0 Å². The van der Waals surface area contributed by atoms with Crippen LogP contribution in [-0.2, 0) is 16.8 Å². The Labute approximate surface area is 139 Å². The summed E-state index contributed by atoms with van der Waals surface area (Å²) in [6.07, 6.45) is 0. The molecular formula is C16H26Cl2NPd. The van der Waals surface area contributed by atoms with Crippen molar-refractivity contribution in [3.8, 4) is 0 Å². The summed E-state index contributed by atoms with van der Waals surface area (Å²) in [5.41, 5.74) is 1.22. The number of benzene rings is 1. The van der Waals surface area contributed by atoms with Crippen molar-refractivity contribution in [2.45, 2.75) is 47.2 Å². The van der Waals surface area contributed by atoms with E-state index in [-0.39, 0.29) is 12.6 Å². The molecule has 0 aliphatic heterocycles. The predicted octanol–water partition coefficient (Wildman–Crippen LogP) is 5.22. The van der Waals surface area contributed by atoms with Crippen molar-refractivity contribution in [1.82, 2.24) is 0 Å². The van der Waals surface area contributed by atoms with Crippen molar-refractivity contribution in [2.75, 3.05) is 19.0 Å². The number of alkyl halides is 2. The summed E-state index contributed by atoms with van der Waals surface area (Å²) in [5, 5.41) is 0. The van der Waals surface area contributed by atoms with Crippen LogP contribution in [0.2, 0.25) is 7.78 Å². The van der Waals surface area contributed by atoms with E-state index in [1.165, 1.54) is 9.72 Å². The average Bonchev–Trinajstić information content (AvgIpc) is 2.27. The zero-order chi connectivity index (χ0) is 15.7. The van der Waals surface area contributed by atoms with Gasteiger partial charge in [-0.2, -0.15) is 0 Å². The Balaban J connectivity index is 3.26. The quantitative estimate of drug-likeness (QED) is 0.487. The van der Waals surface area contributed by atoms with Gasteiger partial charge in [0.2, 0.25) is 0 Å². The Morgan fingerprint density at radius 3 is 1.70 bits per heavy atom. The van der Waals surface area contributed by atoms with E-state index in [1.54, 1.807) is 0 Å². The topological polar surface area (TPSA) is 3.24 Å². The molecule has 0 aromatic heterocycles. The van der Waals surface area contributed by atoms with Crippen molar-refractivity contribution in [1.29, 1.82) is 0 Å². The first-order chi connectivity index (χ1) is 8.98. The molecule has 0 radical (unpaired) electrons. The monoisotopic (exact) mass is 408 g/mol. The van der Waals surface area contributed by atoms with Crippen LogP contribution in [0.25, 0.3) is 0 Å². The van der Waals surface area contributed by atoms with Gasteiger partial charge in [0.05, 0.1) is 0 Å². The SMILES string of the molecule is CN(C)c1cc[c]([Pd]([C](C)(C)C)[C](C)(C)C(Cl)Cl)cc1. The molecule has 0 spiro atoms. The van der Waals surface area contributed by atoms with Crippen LogP contribution in [0.15, 0.2) is 24.3 Å². The van der Waals surface area contributed by atoms with Gasteiger partial charge in [-0.15, -0.1) is 0 Å². The van der Waals surface area contributed by atoms with Gasteiger partial charge < -0.3 is 0 Å². The number of halogens is 2. The van der Waals surface area contributed by atoms with Gasteiger partial charge in [-0.05, 0) is 0 Å². The molecular weight excluding hydrogens is 384 g/mol. The molecule has 0 aliphatic carbocycles. The minimum atomic E-state index is -1.12. The summed E-state index contributed by atoms with van der Waals surface area (Å²) in [4.78, 5) is 1.77. The van der Waals surface area contributed by atoms with Crippen molar-refractivity contribution < 1.29 is 16.8 Å². The Morgan fingerprint density at radius 2 is 1.40 bits per heavy atom. The Kier molecular flexibility index (Phi) is 6.02. The summed E-state index contributed by atoms with van der Waals surface area (Å²) in [6.45, 7) is 11.3. The summed E-state index contributed by atoms with van der Waals surface area (Å²) in [6, 6.07) is 8.87. The maximum atomic E-state index is 6.29. The van der Waals surface area contributed by atoms with E-state index in [4.69, 9.17) is 23.2 Å². The molecule has 0 unspecified atom stereocenters. The standard InChI is InChI=1S/C8H10N.C4H7Cl2.C4H9.Pd/c1-9(2)8-6-4-3-5-7-8;1-3(2)4(5)6;1-4(2)3;/h4-7H,1-2H3;4H,1-2H3;1-3H3;. The van der Waals surface area contributed by atoms with Crippen LogP contribution in [-0.4, -0.2) is 18.9 Å². The van der Waals surface area contributed by atoms with Gasteiger partial charge in [0.25, 0.3) is 0 Å². The first-order valence-electron chi connectivity index (χ1n) is 6.64. The Hall–Kier alpha value is 0.262. The van der Waals surface area contributed by atoms with Gasteiger partial charge in [-0.25, -0.2) is 0 Å². The molecule has 1 aromatic carbocycles. The molecule has 0 N–H and O–H groups in total. The molecule has 0 bridgehead atoms.